The van der Waals surface area contributed by atoms with Crippen molar-refractivity contribution in [2.24, 2.45) is 5.92 Å². The molecule has 0 bridgehead atoms. The van der Waals surface area contributed by atoms with E-state index in [0.29, 0.717) is 50.7 Å². The fraction of sp³-hybridized carbons (Fsp3) is 0.556. The van der Waals surface area contributed by atoms with Crippen molar-refractivity contribution >= 4 is 17.7 Å². The molecule has 1 aliphatic carbocycles. The van der Waals surface area contributed by atoms with Gasteiger partial charge in [0.25, 0.3) is 5.91 Å². The van der Waals surface area contributed by atoms with E-state index in [0.717, 1.165) is 12.8 Å². The van der Waals surface area contributed by atoms with Gasteiger partial charge in [0, 0.05) is 63.1 Å². The van der Waals surface area contributed by atoms with Crippen LogP contribution in [0.3, 0.4) is 0 Å². The van der Waals surface area contributed by atoms with Crippen molar-refractivity contribution in [1.29, 1.82) is 0 Å². The Bertz CT molecular complexity index is 681. The van der Waals surface area contributed by atoms with Crippen molar-refractivity contribution in [3.63, 3.8) is 0 Å². The molecule has 0 radical (unpaired) electrons. The third kappa shape index (κ3) is 3.23. The molecule has 1 unspecified atom stereocenters. The van der Waals surface area contributed by atoms with Gasteiger partial charge in [0.15, 0.2) is 0 Å². The number of rotatable bonds is 3. The van der Waals surface area contributed by atoms with Gasteiger partial charge in [-0.15, -0.1) is 0 Å². The Hall–Kier alpha value is -2.44. The van der Waals surface area contributed by atoms with Crippen LogP contribution in [-0.4, -0.2) is 76.2 Å². The van der Waals surface area contributed by atoms with Crippen molar-refractivity contribution in [2.75, 3.05) is 32.7 Å². The Labute approximate surface area is 146 Å². The largest absolute Gasteiger partial charge is 0.339 e. The molecular formula is C18H22N4O3. The highest BCUT2D eigenvalue weighted by atomic mass is 16.2. The number of likely N-dealkylation sites (tertiary alicyclic amines) is 1. The van der Waals surface area contributed by atoms with Gasteiger partial charge in [0.2, 0.25) is 11.8 Å². The number of carbonyl (C=O) groups excluding carboxylic acids is 3. The molecule has 1 atom stereocenters. The van der Waals surface area contributed by atoms with Crippen molar-refractivity contribution in [1.82, 2.24) is 19.7 Å². The second kappa shape index (κ2) is 6.46. The average Bonchev–Trinajstić information content (AvgIpc) is 3.43. The predicted octanol–water partition coefficient (Wildman–Crippen LogP) is 0.377. The highest BCUT2D eigenvalue weighted by Crippen LogP contribution is 2.33. The molecule has 2 saturated heterocycles. The number of carbonyl (C=O) groups is 3. The molecule has 1 aromatic rings. The van der Waals surface area contributed by atoms with Crippen LogP contribution in [0, 0.1) is 5.92 Å². The molecule has 0 N–H and O–H groups in total. The molecule has 3 amide bonds. The normalized spacial score (nSPS) is 23.9. The molecule has 3 fully saturated rings. The summed E-state index contributed by atoms with van der Waals surface area (Å²) < 4.78 is 0. The van der Waals surface area contributed by atoms with Crippen LogP contribution >= 0.6 is 0 Å². The second-order valence-electron chi connectivity index (χ2n) is 7.03. The van der Waals surface area contributed by atoms with E-state index in [4.69, 9.17) is 0 Å². The third-order valence-corrected chi connectivity index (χ3v) is 5.30. The van der Waals surface area contributed by atoms with E-state index in [-0.39, 0.29) is 23.6 Å². The maximum absolute atomic E-state index is 12.7. The van der Waals surface area contributed by atoms with E-state index < -0.39 is 0 Å². The molecule has 1 aromatic heterocycles. The van der Waals surface area contributed by atoms with E-state index in [1.807, 2.05) is 9.80 Å². The van der Waals surface area contributed by atoms with E-state index in [9.17, 15) is 14.4 Å². The summed E-state index contributed by atoms with van der Waals surface area (Å²) in [6, 6.07) is 3.78. The fourth-order valence-electron chi connectivity index (χ4n) is 3.70. The minimum Gasteiger partial charge on any atom is -0.339 e. The molecule has 1 saturated carbocycles. The maximum Gasteiger partial charge on any atom is 0.254 e. The van der Waals surface area contributed by atoms with Crippen molar-refractivity contribution in [3.05, 3.63) is 30.1 Å². The average molecular weight is 342 g/mol. The van der Waals surface area contributed by atoms with E-state index in [1.165, 1.54) is 0 Å². The van der Waals surface area contributed by atoms with Crippen molar-refractivity contribution in [2.45, 2.75) is 25.3 Å². The highest BCUT2D eigenvalue weighted by molar-refractivity contribution is 5.94. The monoisotopic (exact) mass is 342 g/mol. The summed E-state index contributed by atoms with van der Waals surface area (Å²) in [4.78, 5) is 46.6. The lowest BCUT2D eigenvalue weighted by Crippen LogP contribution is -2.52. The number of pyridine rings is 1. The van der Waals surface area contributed by atoms with Crippen LogP contribution in [0.4, 0.5) is 0 Å². The molecule has 25 heavy (non-hydrogen) atoms. The molecule has 2 aliphatic heterocycles. The lowest BCUT2D eigenvalue weighted by molar-refractivity contribution is -0.137. The number of hydrogen-bond acceptors (Lipinski definition) is 4. The number of hydrogen-bond donors (Lipinski definition) is 0. The van der Waals surface area contributed by atoms with Gasteiger partial charge in [-0.2, -0.15) is 0 Å². The summed E-state index contributed by atoms with van der Waals surface area (Å²) >= 11 is 0. The molecule has 3 heterocycles. The van der Waals surface area contributed by atoms with Gasteiger partial charge in [-0.05, 0) is 25.0 Å². The van der Waals surface area contributed by atoms with Crippen LogP contribution in [0.25, 0.3) is 0 Å². The molecule has 0 aromatic carbocycles. The van der Waals surface area contributed by atoms with Crippen LogP contribution in [0.15, 0.2) is 24.5 Å². The summed E-state index contributed by atoms with van der Waals surface area (Å²) in [5.41, 5.74) is 0.622. The van der Waals surface area contributed by atoms with Crippen molar-refractivity contribution in [3.8, 4) is 0 Å². The topological polar surface area (TPSA) is 73.8 Å². The summed E-state index contributed by atoms with van der Waals surface area (Å²) in [5, 5.41) is 0. The van der Waals surface area contributed by atoms with Gasteiger partial charge >= 0.3 is 0 Å². The lowest BCUT2D eigenvalue weighted by Gasteiger charge is -2.36. The first-order valence-electron chi connectivity index (χ1n) is 8.91. The van der Waals surface area contributed by atoms with Crippen LogP contribution in [0.2, 0.25) is 0 Å². The Morgan fingerprint density at radius 1 is 1.00 bits per heavy atom. The fourth-order valence-corrected chi connectivity index (χ4v) is 3.70. The van der Waals surface area contributed by atoms with E-state index in [1.54, 1.807) is 29.4 Å². The molecule has 0 spiro atoms. The standard InChI is InChI=1S/C18H22N4O3/c23-16-11-14(12-22(16)15-1-2-15)18(25)21-9-7-20(8-10-21)17(24)13-3-5-19-6-4-13/h3-6,14-15H,1-2,7-12H2. The highest BCUT2D eigenvalue weighted by Gasteiger charge is 2.43. The zero-order valence-corrected chi connectivity index (χ0v) is 14.1. The van der Waals surface area contributed by atoms with Crippen LogP contribution in [0.1, 0.15) is 29.6 Å². The number of aromatic nitrogens is 1. The molecule has 3 aliphatic rings. The smallest absolute Gasteiger partial charge is 0.254 e. The van der Waals surface area contributed by atoms with Gasteiger partial charge < -0.3 is 14.7 Å². The Balaban J connectivity index is 1.32. The third-order valence-electron chi connectivity index (χ3n) is 5.30. The van der Waals surface area contributed by atoms with Gasteiger partial charge in [-0.3, -0.25) is 19.4 Å². The molecule has 132 valence electrons. The first kappa shape index (κ1) is 16.1. The van der Waals surface area contributed by atoms with E-state index >= 15 is 0 Å². The molecule has 7 nitrogen and oxygen atoms in total. The zero-order valence-electron chi connectivity index (χ0n) is 14.1. The first-order chi connectivity index (χ1) is 12.1. The molecular weight excluding hydrogens is 320 g/mol. The van der Waals surface area contributed by atoms with Gasteiger partial charge in [-0.25, -0.2) is 0 Å². The Morgan fingerprint density at radius 2 is 1.64 bits per heavy atom. The summed E-state index contributed by atoms with van der Waals surface area (Å²) in [7, 11) is 0. The molecule has 7 heteroatoms. The second-order valence-corrected chi connectivity index (χ2v) is 7.03. The minimum atomic E-state index is -0.212. The predicted molar refractivity (Wildman–Crippen MR) is 89.6 cm³/mol. The quantitative estimate of drug-likeness (QED) is 0.796. The van der Waals surface area contributed by atoms with Crippen LogP contribution in [-0.2, 0) is 9.59 Å². The number of amides is 3. The summed E-state index contributed by atoms with van der Waals surface area (Å²) in [6.45, 7) is 2.69. The van der Waals surface area contributed by atoms with Crippen molar-refractivity contribution < 1.29 is 14.4 Å². The van der Waals surface area contributed by atoms with Gasteiger partial charge in [0.1, 0.15) is 0 Å². The van der Waals surface area contributed by atoms with Gasteiger partial charge in [-0.1, -0.05) is 0 Å². The summed E-state index contributed by atoms with van der Waals surface area (Å²) in [6.07, 6.45) is 5.70. The first-order valence-corrected chi connectivity index (χ1v) is 8.91. The van der Waals surface area contributed by atoms with Crippen LogP contribution < -0.4 is 0 Å². The Morgan fingerprint density at radius 3 is 2.28 bits per heavy atom. The van der Waals surface area contributed by atoms with Gasteiger partial charge in [0.05, 0.1) is 5.92 Å². The van der Waals surface area contributed by atoms with Crippen LogP contribution in [0.5, 0.6) is 0 Å². The minimum absolute atomic E-state index is 0.0227. The number of piperazine rings is 1. The maximum atomic E-state index is 12.7. The summed E-state index contributed by atoms with van der Waals surface area (Å²) in [5.74, 6) is -0.0548. The Kier molecular flexibility index (Phi) is 4.15. The zero-order chi connectivity index (χ0) is 17.4. The van der Waals surface area contributed by atoms with E-state index in [2.05, 4.69) is 4.98 Å². The SMILES string of the molecule is O=C(c1ccncc1)N1CCN(C(=O)C2CC(=O)N(C3CC3)C2)CC1. The molecule has 4 rings (SSSR count). The number of nitrogens with zero attached hydrogens (tertiary/aromatic N) is 4. The lowest BCUT2D eigenvalue weighted by atomic mass is 10.1.